The third-order valence-corrected chi connectivity index (χ3v) is 3.30. The van der Waals surface area contributed by atoms with E-state index < -0.39 is 5.54 Å². The van der Waals surface area contributed by atoms with Gasteiger partial charge in [-0.1, -0.05) is 29.4 Å². The monoisotopic (exact) mass is 289 g/mol. The van der Waals surface area contributed by atoms with Crippen LogP contribution in [0.25, 0.3) is 0 Å². The molecule has 1 atom stereocenters. The standard InChI is InChI=1S/C16H23N3O2/c1-11(2)20-10-16(4,17)15-18-14(21-19-15)9-13-8-6-5-7-12(13)3/h5-8,11H,9-10,17H2,1-4H3. The molecule has 0 saturated heterocycles. The van der Waals surface area contributed by atoms with Crippen molar-refractivity contribution in [3.63, 3.8) is 0 Å². The number of hydrogen-bond donors (Lipinski definition) is 1. The number of rotatable bonds is 6. The Morgan fingerprint density at radius 1 is 1.33 bits per heavy atom. The summed E-state index contributed by atoms with van der Waals surface area (Å²) in [5.41, 5.74) is 7.84. The predicted molar refractivity (Wildman–Crippen MR) is 80.9 cm³/mol. The van der Waals surface area contributed by atoms with Gasteiger partial charge in [0.05, 0.1) is 19.1 Å². The Hall–Kier alpha value is -1.72. The summed E-state index contributed by atoms with van der Waals surface area (Å²) < 4.78 is 10.9. The van der Waals surface area contributed by atoms with Gasteiger partial charge in [0.1, 0.15) is 5.54 Å². The molecular weight excluding hydrogens is 266 g/mol. The van der Waals surface area contributed by atoms with Crippen LogP contribution in [0.15, 0.2) is 28.8 Å². The van der Waals surface area contributed by atoms with E-state index in [1.54, 1.807) is 0 Å². The molecule has 2 aromatic rings. The SMILES string of the molecule is Cc1ccccc1Cc1nc(C(C)(N)COC(C)C)no1. The minimum absolute atomic E-state index is 0.117. The average Bonchev–Trinajstić information content (AvgIpc) is 2.89. The third-order valence-electron chi connectivity index (χ3n) is 3.30. The molecule has 0 fully saturated rings. The Morgan fingerprint density at radius 2 is 2.05 bits per heavy atom. The van der Waals surface area contributed by atoms with Crippen molar-refractivity contribution in [1.29, 1.82) is 0 Å². The molecule has 0 radical (unpaired) electrons. The van der Waals surface area contributed by atoms with Crippen LogP contribution in [0.2, 0.25) is 0 Å². The Morgan fingerprint density at radius 3 is 2.71 bits per heavy atom. The molecule has 2 rings (SSSR count). The van der Waals surface area contributed by atoms with E-state index in [0.717, 1.165) is 0 Å². The molecule has 0 aliphatic heterocycles. The van der Waals surface area contributed by atoms with Crippen molar-refractivity contribution in [2.24, 2.45) is 5.73 Å². The maximum absolute atomic E-state index is 6.21. The summed E-state index contributed by atoms with van der Waals surface area (Å²) in [6.45, 7) is 8.20. The molecule has 2 N–H and O–H groups in total. The first-order valence-electron chi connectivity index (χ1n) is 7.16. The van der Waals surface area contributed by atoms with Crippen LogP contribution in [0.1, 0.15) is 43.6 Å². The summed E-state index contributed by atoms with van der Waals surface area (Å²) in [7, 11) is 0. The fraction of sp³-hybridized carbons (Fsp3) is 0.500. The van der Waals surface area contributed by atoms with Gasteiger partial charge in [0.15, 0.2) is 5.82 Å². The maximum Gasteiger partial charge on any atom is 0.231 e. The van der Waals surface area contributed by atoms with Gasteiger partial charge < -0.3 is 15.0 Å². The highest BCUT2D eigenvalue weighted by Crippen LogP contribution is 2.18. The highest BCUT2D eigenvalue weighted by atomic mass is 16.5. The molecule has 5 heteroatoms. The number of ether oxygens (including phenoxy) is 1. The van der Waals surface area contributed by atoms with Gasteiger partial charge >= 0.3 is 0 Å². The lowest BCUT2D eigenvalue weighted by Crippen LogP contribution is -2.40. The highest BCUT2D eigenvalue weighted by Gasteiger charge is 2.28. The fourth-order valence-electron chi connectivity index (χ4n) is 1.93. The van der Waals surface area contributed by atoms with E-state index in [-0.39, 0.29) is 6.10 Å². The lowest BCUT2D eigenvalue weighted by atomic mass is 10.0. The van der Waals surface area contributed by atoms with Crippen LogP contribution >= 0.6 is 0 Å². The molecular formula is C16H23N3O2. The zero-order chi connectivity index (χ0) is 15.5. The zero-order valence-corrected chi connectivity index (χ0v) is 13.1. The zero-order valence-electron chi connectivity index (χ0n) is 13.1. The van der Waals surface area contributed by atoms with Gasteiger partial charge in [-0.2, -0.15) is 4.98 Å². The molecule has 0 amide bonds. The van der Waals surface area contributed by atoms with Crippen molar-refractivity contribution in [1.82, 2.24) is 10.1 Å². The second-order valence-electron chi connectivity index (χ2n) is 5.89. The van der Waals surface area contributed by atoms with Gasteiger partial charge in [0.2, 0.25) is 5.89 Å². The topological polar surface area (TPSA) is 74.2 Å². The normalized spacial score (nSPS) is 14.4. The van der Waals surface area contributed by atoms with Crippen molar-refractivity contribution >= 4 is 0 Å². The highest BCUT2D eigenvalue weighted by molar-refractivity contribution is 5.27. The molecule has 1 aromatic heterocycles. The van der Waals surface area contributed by atoms with Gasteiger partial charge in [-0.05, 0) is 38.8 Å². The Kier molecular flexibility index (Phi) is 4.75. The number of hydrogen-bond acceptors (Lipinski definition) is 5. The first kappa shape index (κ1) is 15.7. The van der Waals surface area contributed by atoms with Crippen LogP contribution in [-0.2, 0) is 16.7 Å². The smallest absolute Gasteiger partial charge is 0.231 e. The van der Waals surface area contributed by atoms with E-state index in [2.05, 4.69) is 29.2 Å². The van der Waals surface area contributed by atoms with Crippen molar-refractivity contribution in [2.45, 2.75) is 45.8 Å². The van der Waals surface area contributed by atoms with Gasteiger partial charge in [-0.15, -0.1) is 0 Å². The molecule has 0 aliphatic carbocycles. The van der Waals surface area contributed by atoms with Crippen LogP contribution in [0.5, 0.6) is 0 Å². The Balaban J connectivity index is 2.09. The largest absolute Gasteiger partial charge is 0.376 e. The van der Waals surface area contributed by atoms with E-state index in [0.29, 0.717) is 24.7 Å². The molecule has 0 saturated carbocycles. The predicted octanol–water partition coefficient (Wildman–Crippen LogP) is 2.57. The number of benzene rings is 1. The number of aryl methyl sites for hydroxylation is 1. The number of nitrogens with two attached hydrogens (primary N) is 1. The van der Waals surface area contributed by atoms with Crippen molar-refractivity contribution in [2.75, 3.05) is 6.61 Å². The molecule has 5 nitrogen and oxygen atoms in total. The first-order valence-corrected chi connectivity index (χ1v) is 7.16. The summed E-state index contributed by atoms with van der Waals surface area (Å²) in [4.78, 5) is 4.41. The molecule has 0 bridgehead atoms. The molecule has 114 valence electrons. The van der Waals surface area contributed by atoms with E-state index in [1.165, 1.54) is 11.1 Å². The number of nitrogens with zero attached hydrogens (tertiary/aromatic N) is 2. The van der Waals surface area contributed by atoms with E-state index in [1.807, 2.05) is 32.9 Å². The van der Waals surface area contributed by atoms with Gasteiger partial charge in [-0.3, -0.25) is 0 Å². The van der Waals surface area contributed by atoms with Crippen LogP contribution < -0.4 is 5.73 Å². The van der Waals surface area contributed by atoms with Crippen LogP contribution in [0.4, 0.5) is 0 Å². The fourth-order valence-corrected chi connectivity index (χ4v) is 1.93. The van der Waals surface area contributed by atoms with Crippen LogP contribution in [0, 0.1) is 6.92 Å². The summed E-state index contributed by atoms with van der Waals surface area (Å²) in [5.74, 6) is 1.05. The van der Waals surface area contributed by atoms with E-state index >= 15 is 0 Å². The quantitative estimate of drug-likeness (QED) is 0.884. The van der Waals surface area contributed by atoms with E-state index in [9.17, 15) is 0 Å². The number of aromatic nitrogens is 2. The summed E-state index contributed by atoms with van der Waals surface area (Å²) in [6, 6.07) is 8.14. The van der Waals surface area contributed by atoms with Crippen LogP contribution in [-0.4, -0.2) is 22.9 Å². The molecule has 1 aromatic carbocycles. The Labute approximate surface area is 125 Å². The van der Waals surface area contributed by atoms with Crippen LogP contribution in [0.3, 0.4) is 0 Å². The summed E-state index contributed by atoms with van der Waals surface area (Å²) in [6.07, 6.45) is 0.729. The molecule has 21 heavy (non-hydrogen) atoms. The minimum atomic E-state index is -0.752. The lowest BCUT2D eigenvalue weighted by Gasteiger charge is -2.21. The first-order chi connectivity index (χ1) is 9.88. The lowest BCUT2D eigenvalue weighted by molar-refractivity contribution is 0.0410. The summed E-state index contributed by atoms with van der Waals surface area (Å²) >= 11 is 0. The summed E-state index contributed by atoms with van der Waals surface area (Å²) in [5, 5.41) is 4.00. The van der Waals surface area contributed by atoms with Crippen molar-refractivity contribution in [3.8, 4) is 0 Å². The van der Waals surface area contributed by atoms with Crippen molar-refractivity contribution < 1.29 is 9.26 Å². The van der Waals surface area contributed by atoms with Gasteiger partial charge in [0, 0.05) is 0 Å². The molecule has 0 aliphatic rings. The Bertz CT molecular complexity index is 591. The molecule has 1 heterocycles. The van der Waals surface area contributed by atoms with E-state index in [4.69, 9.17) is 15.0 Å². The van der Waals surface area contributed by atoms with Crippen molar-refractivity contribution in [3.05, 3.63) is 47.1 Å². The average molecular weight is 289 g/mol. The van der Waals surface area contributed by atoms with Gasteiger partial charge in [-0.25, -0.2) is 0 Å². The third kappa shape index (κ3) is 4.12. The maximum atomic E-state index is 6.21. The molecule has 0 spiro atoms. The second kappa shape index (κ2) is 6.37. The van der Waals surface area contributed by atoms with Gasteiger partial charge in [0.25, 0.3) is 0 Å². The minimum Gasteiger partial charge on any atom is -0.376 e. The second-order valence-corrected chi connectivity index (χ2v) is 5.89. The molecule has 1 unspecified atom stereocenters.